The zero-order valence-electron chi connectivity index (χ0n) is 22.3. The molecule has 5 nitrogen and oxygen atoms in total. The Balaban J connectivity index is 1.62. The van der Waals surface area contributed by atoms with E-state index in [0.29, 0.717) is 17.7 Å². The molecule has 0 aromatic heterocycles. The van der Waals surface area contributed by atoms with E-state index < -0.39 is 11.9 Å². The van der Waals surface area contributed by atoms with Gasteiger partial charge in [-0.05, 0) is 61.6 Å². The molecule has 1 saturated carbocycles. The zero-order valence-corrected chi connectivity index (χ0v) is 22.3. The first-order valence-corrected chi connectivity index (χ1v) is 13.5. The third-order valence-corrected chi connectivity index (χ3v) is 7.08. The summed E-state index contributed by atoms with van der Waals surface area (Å²) < 4.78 is 20.6. The first-order chi connectivity index (χ1) is 18.4. The fraction of sp³-hybridized carbons (Fsp3) is 0.375. The van der Waals surface area contributed by atoms with Gasteiger partial charge in [-0.15, -0.1) is 0 Å². The highest BCUT2D eigenvalue weighted by molar-refractivity contribution is 5.88. The van der Waals surface area contributed by atoms with Crippen LogP contribution in [-0.2, 0) is 22.6 Å². The van der Waals surface area contributed by atoms with Crippen LogP contribution in [-0.4, -0.2) is 35.4 Å². The van der Waals surface area contributed by atoms with E-state index in [1.165, 1.54) is 17.4 Å². The fourth-order valence-corrected chi connectivity index (χ4v) is 5.15. The Hall–Kier alpha value is -3.67. The van der Waals surface area contributed by atoms with Crippen LogP contribution in [0.2, 0.25) is 0 Å². The van der Waals surface area contributed by atoms with Crippen LogP contribution in [0.5, 0.6) is 5.75 Å². The number of amides is 2. The monoisotopic (exact) mass is 516 g/mol. The van der Waals surface area contributed by atoms with Gasteiger partial charge < -0.3 is 15.0 Å². The number of rotatable bonds is 10. The second kappa shape index (κ2) is 13.2. The summed E-state index contributed by atoms with van der Waals surface area (Å²) in [5.41, 5.74) is 3.35. The molecule has 1 N–H and O–H groups in total. The molecule has 1 unspecified atom stereocenters. The zero-order chi connectivity index (χ0) is 26.9. The van der Waals surface area contributed by atoms with Crippen LogP contribution in [0.25, 0.3) is 0 Å². The highest BCUT2D eigenvalue weighted by atomic mass is 19.1. The van der Waals surface area contributed by atoms with Crippen molar-refractivity contribution >= 4 is 11.8 Å². The van der Waals surface area contributed by atoms with Crippen molar-refractivity contribution in [3.63, 3.8) is 0 Å². The lowest BCUT2D eigenvalue weighted by Gasteiger charge is -2.33. The molecule has 1 aliphatic carbocycles. The van der Waals surface area contributed by atoms with Crippen molar-refractivity contribution < 1.29 is 18.7 Å². The predicted octanol–water partition coefficient (Wildman–Crippen LogP) is 5.91. The van der Waals surface area contributed by atoms with Gasteiger partial charge in [-0.1, -0.05) is 73.9 Å². The highest BCUT2D eigenvalue weighted by Crippen LogP contribution is 2.21. The molecular formula is C32H37FN2O3. The van der Waals surface area contributed by atoms with E-state index >= 15 is 0 Å². The number of halogens is 1. The van der Waals surface area contributed by atoms with Crippen molar-refractivity contribution in [3.8, 4) is 5.75 Å². The average Bonchev–Trinajstić information content (AvgIpc) is 2.91. The van der Waals surface area contributed by atoms with Gasteiger partial charge >= 0.3 is 0 Å². The smallest absolute Gasteiger partial charge is 0.261 e. The highest BCUT2D eigenvalue weighted by Gasteiger charge is 2.32. The molecule has 3 aromatic rings. The first-order valence-electron chi connectivity index (χ1n) is 13.5. The van der Waals surface area contributed by atoms with Crippen molar-refractivity contribution in [1.82, 2.24) is 10.2 Å². The molecule has 1 fully saturated rings. The van der Waals surface area contributed by atoms with Gasteiger partial charge in [0, 0.05) is 24.6 Å². The molecule has 0 aliphatic heterocycles. The Morgan fingerprint density at radius 1 is 0.947 bits per heavy atom. The number of aryl methyl sites for hydroxylation is 2. The number of hydrogen-bond acceptors (Lipinski definition) is 3. The molecule has 3 aromatic carbocycles. The van der Waals surface area contributed by atoms with Crippen molar-refractivity contribution in [2.45, 2.75) is 71.0 Å². The van der Waals surface area contributed by atoms with Crippen molar-refractivity contribution in [2.75, 3.05) is 6.61 Å². The number of hydrogen-bond donors (Lipinski definition) is 1. The SMILES string of the molecule is Cc1cc(C)cc(OCC(=O)N(Cc2ccccc2F)C(Cc2ccccc2)C(=O)NC2CCCCC2)c1. The van der Waals surface area contributed by atoms with Gasteiger partial charge in [-0.25, -0.2) is 4.39 Å². The maximum absolute atomic E-state index is 14.7. The number of nitrogens with zero attached hydrogens (tertiary/aromatic N) is 1. The van der Waals surface area contributed by atoms with Gasteiger partial charge in [0.1, 0.15) is 17.6 Å². The Morgan fingerprint density at radius 2 is 1.61 bits per heavy atom. The molecule has 0 saturated heterocycles. The van der Waals surface area contributed by atoms with Crippen molar-refractivity contribution in [3.05, 3.63) is 101 Å². The Labute approximate surface area is 225 Å². The lowest BCUT2D eigenvalue weighted by atomic mass is 9.94. The van der Waals surface area contributed by atoms with Crippen LogP contribution in [0.15, 0.2) is 72.8 Å². The molecule has 4 rings (SSSR count). The summed E-state index contributed by atoms with van der Waals surface area (Å²) in [4.78, 5) is 29.0. The number of benzene rings is 3. The maximum atomic E-state index is 14.7. The largest absolute Gasteiger partial charge is 0.484 e. The summed E-state index contributed by atoms with van der Waals surface area (Å²) in [6.07, 6.45) is 5.52. The summed E-state index contributed by atoms with van der Waals surface area (Å²) in [6.45, 7) is 3.66. The third kappa shape index (κ3) is 7.67. The molecule has 0 spiro atoms. The van der Waals surface area contributed by atoms with Gasteiger partial charge in [-0.3, -0.25) is 9.59 Å². The van der Waals surface area contributed by atoms with Crippen LogP contribution in [0.4, 0.5) is 4.39 Å². The Bertz CT molecular complexity index is 1200. The second-order valence-corrected chi connectivity index (χ2v) is 10.3. The lowest BCUT2D eigenvalue weighted by molar-refractivity contribution is -0.143. The Morgan fingerprint density at radius 3 is 2.29 bits per heavy atom. The van der Waals surface area contributed by atoms with Crippen molar-refractivity contribution in [2.24, 2.45) is 0 Å². The topological polar surface area (TPSA) is 58.6 Å². The van der Waals surface area contributed by atoms with Crippen LogP contribution in [0.3, 0.4) is 0 Å². The quantitative estimate of drug-likeness (QED) is 0.364. The second-order valence-electron chi connectivity index (χ2n) is 10.3. The van der Waals surface area contributed by atoms with E-state index in [-0.39, 0.29) is 31.0 Å². The lowest BCUT2D eigenvalue weighted by Crippen LogP contribution is -2.53. The van der Waals surface area contributed by atoms with Crippen LogP contribution < -0.4 is 10.1 Å². The van der Waals surface area contributed by atoms with Crippen LogP contribution >= 0.6 is 0 Å². The summed E-state index contributed by atoms with van der Waals surface area (Å²) in [7, 11) is 0. The molecule has 0 radical (unpaired) electrons. The maximum Gasteiger partial charge on any atom is 0.261 e. The number of carbonyl (C=O) groups excluding carboxylic acids is 2. The normalized spacial score (nSPS) is 14.5. The van der Waals surface area contributed by atoms with Gasteiger partial charge in [0.15, 0.2) is 6.61 Å². The van der Waals surface area contributed by atoms with Crippen LogP contribution in [0.1, 0.15) is 54.4 Å². The fourth-order valence-electron chi connectivity index (χ4n) is 5.15. The molecule has 0 bridgehead atoms. The number of ether oxygens (including phenoxy) is 1. The molecule has 200 valence electrons. The molecule has 38 heavy (non-hydrogen) atoms. The minimum absolute atomic E-state index is 0.0305. The summed E-state index contributed by atoms with van der Waals surface area (Å²) in [6, 6.07) is 21.1. The van der Waals surface area contributed by atoms with E-state index in [9.17, 15) is 14.0 Å². The molecule has 0 heterocycles. The first kappa shape index (κ1) is 27.4. The minimum atomic E-state index is -0.811. The predicted molar refractivity (Wildman–Crippen MR) is 147 cm³/mol. The minimum Gasteiger partial charge on any atom is -0.484 e. The van der Waals surface area contributed by atoms with Crippen molar-refractivity contribution in [1.29, 1.82) is 0 Å². The van der Waals surface area contributed by atoms with Gasteiger partial charge in [0.25, 0.3) is 5.91 Å². The van der Waals surface area contributed by atoms with Crippen LogP contribution in [0, 0.1) is 19.7 Å². The average molecular weight is 517 g/mol. The van der Waals surface area contributed by atoms with Gasteiger partial charge in [0.05, 0.1) is 0 Å². The standard InChI is InChI=1S/C32H37FN2O3/c1-23-17-24(2)19-28(18-23)38-22-31(36)35(21-26-13-9-10-16-29(26)33)30(20-25-11-5-3-6-12-25)32(37)34-27-14-7-4-8-15-27/h3,5-6,9-13,16-19,27,30H,4,7-8,14-15,20-22H2,1-2H3,(H,34,37). The van der Waals surface area contributed by atoms with Gasteiger partial charge in [0.2, 0.25) is 5.91 Å². The molecule has 1 atom stereocenters. The number of carbonyl (C=O) groups is 2. The number of nitrogens with one attached hydrogen (secondary N) is 1. The molecule has 6 heteroatoms. The summed E-state index contributed by atoms with van der Waals surface area (Å²) >= 11 is 0. The summed E-state index contributed by atoms with van der Waals surface area (Å²) in [5.74, 6) is -0.399. The summed E-state index contributed by atoms with van der Waals surface area (Å²) in [5, 5.41) is 3.20. The van der Waals surface area contributed by atoms with E-state index in [2.05, 4.69) is 5.32 Å². The van der Waals surface area contributed by atoms with E-state index in [4.69, 9.17) is 4.74 Å². The van der Waals surface area contributed by atoms with E-state index in [1.54, 1.807) is 18.2 Å². The molecular weight excluding hydrogens is 479 g/mol. The van der Waals surface area contributed by atoms with E-state index in [0.717, 1.165) is 42.4 Å². The molecule has 2 amide bonds. The van der Waals surface area contributed by atoms with Gasteiger partial charge in [-0.2, -0.15) is 0 Å². The van der Waals surface area contributed by atoms with E-state index in [1.807, 2.05) is 62.4 Å². The third-order valence-electron chi connectivity index (χ3n) is 7.08. The Kier molecular flexibility index (Phi) is 9.52. The molecule has 1 aliphatic rings.